The first-order valence-corrected chi connectivity index (χ1v) is 5.58. The van der Waals surface area contributed by atoms with Crippen LogP contribution in [-0.4, -0.2) is 28.7 Å². The molecule has 0 aliphatic heterocycles. The summed E-state index contributed by atoms with van der Waals surface area (Å²) in [6, 6.07) is -0.393. The summed E-state index contributed by atoms with van der Waals surface area (Å²) in [6.45, 7) is 0.694. The molecule has 0 heterocycles. The van der Waals surface area contributed by atoms with E-state index in [2.05, 4.69) is 40.5 Å². The number of amides is 1. The van der Waals surface area contributed by atoms with Gasteiger partial charge in [0, 0.05) is 11.0 Å². The summed E-state index contributed by atoms with van der Waals surface area (Å²) in [5.41, 5.74) is 5.51. The summed E-state index contributed by atoms with van der Waals surface area (Å²) in [5.74, 6) is 0.578. The zero-order chi connectivity index (χ0) is 8.69. The molecular formula is C6H13IN2OS. The average molecular weight is 288 g/mol. The molecule has 1 atom stereocenters. The van der Waals surface area contributed by atoms with Crippen LogP contribution in [0.4, 0.5) is 0 Å². The third kappa shape index (κ3) is 5.75. The highest BCUT2D eigenvalue weighted by Crippen LogP contribution is 1.90. The Morgan fingerprint density at radius 3 is 2.82 bits per heavy atom. The van der Waals surface area contributed by atoms with Crippen molar-refractivity contribution in [3.05, 3.63) is 0 Å². The monoisotopic (exact) mass is 288 g/mol. The zero-order valence-corrected chi connectivity index (χ0v) is 9.27. The SMILES string of the molecule is NC(CCS)C(=O)NCCI. The van der Waals surface area contributed by atoms with Crippen molar-refractivity contribution >= 4 is 41.1 Å². The lowest BCUT2D eigenvalue weighted by Crippen LogP contribution is -2.41. The largest absolute Gasteiger partial charge is 0.354 e. The van der Waals surface area contributed by atoms with E-state index in [1.54, 1.807) is 0 Å². The van der Waals surface area contributed by atoms with E-state index in [1.165, 1.54) is 0 Å². The maximum atomic E-state index is 11.0. The molecule has 0 aliphatic rings. The van der Waals surface area contributed by atoms with E-state index in [9.17, 15) is 4.79 Å². The van der Waals surface area contributed by atoms with Crippen LogP contribution in [0, 0.1) is 0 Å². The molecule has 0 radical (unpaired) electrons. The average Bonchev–Trinajstić information content (AvgIpc) is 2.00. The molecule has 3 N–H and O–H groups in total. The number of carbonyl (C=O) groups is 1. The molecule has 0 saturated carbocycles. The van der Waals surface area contributed by atoms with E-state index >= 15 is 0 Å². The Morgan fingerprint density at radius 2 is 2.36 bits per heavy atom. The van der Waals surface area contributed by atoms with Crippen molar-refractivity contribution in [2.45, 2.75) is 12.5 Å². The highest BCUT2D eigenvalue weighted by atomic mass is 127. The number of rotatable bonds is 5. The van der Waals surface area contributed by atoms with Gasteiger partial charge in [0.2, 0.25) is 5.91 Å². The molecule has 0 saturated heterocycles. The van der Waals surface area contributed by atoms with E-state index in [0.29, 0.717) is 18.7 Å². The van der Waals surface area contributed by atoms with Crippen LogP contribution in [0.5, 0.6) is 0 Å². The van der Waals surface area contributed by atoms with Crippen LogP contribution in [0.1, 0.15) is 6.42 Å². The quantitative estimate of drug-likeness (QED) is 0.384. The zero-order valence-electron chi connectivity index (χ0n) is 6.22. The summed E-state index contributed by atoms with van der Waals surface area (Å²) >= 11 is 6.18. The Kier molecular flexibility index (Phi) is 7.51. The molecule has 0 spiro atoms. The normalized spacial score (nSPS) is 12.6. The fourth-order valence-corrected chi connectivity index (χ4v) is 1.12. The van der Waals surface area contributed by atoms with Gasteiger partial charge in [-0.15, -0.1) is 0 Å². The van der Waals surface area contributed by atoms with Crippen molar-refractivity contribution in [1.82, 2.24) is 5.32 Å². The van der Waals surface area contributed by atoms with Gasteiger partial charge in [-0.05, 0) is 12.2 Å². The lowest BCUT2D eigenvalue weighted by Gasteiger charge is -2.09. The van der Waals surface area contributed by atoms with Crippen molar-refractivity contribution in [3.8, 4) is 0 Å². The number of carbonyl (C=O) groups excluding carboxylic acids is 1. The standard InChI is InChI=1S/C6H13IN2OS/c7-2-3-9-6(10)5(8)1-4-11/h5,11H,1-4,8H2,(H,9,10). The minimum Gasteiger partial charge on any atom is -0.354 e. The third-order valence-corrected chi connectivity index (χ3v) is 1.97. The molecule has 0 aliphatic carbocycles. The van der Waals surface area contributed by atoms with Gasteiger partial charge in [-0.2, -0.15) is 12.6 Å². The summed E-state index contributed by atoms with van der Waals surface area (Å²) in [7, 11) is 0. The minimum absolute atomic E-state index is 0.0734. The van der Waals surface area contributed by atoms with Gasteiger partial charge in [0.15, 0.2) is 0 Å². The lowest BCUT2D eigenvalue weighted by molar-refractivity contribution is -0.122. The topological polar surface area (TPSA) is 55.1 Å². The molecule has 0 rings (SSSR count). The van der Waals surface area contributed by atoms with Crippen LogP contribution in [0.15, 0.2) is 0 Å². The maximum Gasteiger partial charge on any atom is 0.236 e. The maximum absolute atomic E-state index is 11.0. The molecule has 3 nitrogen and oxygen atoms in total. The first kappa shape index (κ1) is 11.5. The first-order valence-electron chi connectivity index (χ1n) is 3.42. The van der Waals surface area contributed by atoms with Crippen molar-refractivity contribution < 1.29 is 4.79 Å². The van der Waals surface area contributed by atoms with Gasteiger partial charge in [0.25, 0.3) is 0 Å². The van der Waals surface area contributed by atoms with Crippen molar-refractivity contribution in [2.75, 3.05) is 16.7 Å². The second-order valence-electron chi connectivity index (χ2n) is 2.10. The summed E-state index contributed by atoms with van der Waals surface area (Å²) in [6.07, 6.45) is 0.635. The number of hydrogen-bond donors (Lipinski definition) is 3. The van der Waals surface area contributed by atoms with E-state index < -0.39 is 6.04 Å². The minimum atomic E-state index is -0.393. The molecule has 0 aromatic rings. The van der Waals surface area contributed by atoms with Gasteiger partial charge in [-0.25, -0.2) is 0 Å². The van der Waals surface area contributed by atoms with Gasteiger partial charge < -0.3 is 11.1 Å². The van der Waals surface area contributed by atoms with E-state index in [-0.39, 0.29) is 5.91 Å². The van der Waals surface area contributed by atoms with Crippen LogP contribution >= 0.6 is 35.2 Å². The molecule has 5 heteroatoms. The number of thiol groups is 1. The molecular weight excluding hydrogens is 275 g/mol. The number of alkyl halides is 1. The molecule has 66 valence electrons. The predicted molar refractivity (Wildman–Crippen MR) is 58.3 cm³/mol. The van der Waals surface area contributed by atoms with Crippen LogP contribution in [0.25, 0.3) is 0 Å². The molecule has 0 aromatic carbocycles. The van der Waals surface area contributed by atoms with E-state index in [4.69, 9.17) is 5.73 Å². The molecule has 0 aromatic heterocycles. The van der Waals surface area contributed by atoms with Gasteiger partial charge in [-0.1, -0.05) is 22.6 Å². The molecule has 11 heavy (non-hydrogen) atoms. The van der Waals surface area contributed by atoms with Gasteiger partial charge in [-0.3, -0.25) is 4.79 Å². The Hall–Kier alpha value is 0.510. The smallest absolute Gasteiger partial charge is 0.236 e. The summed E-state index contributed by atoms with van der Waals surface area (Å²) in [4.78, 5) is 11.0. The second kappa shape index (κ2) is 7.17. The third-order valence-electron chi connectivity index (χ3n) is 1.17. The Bertz CT molecular complexity index is 123. The predicted octanol–water partition coefficient (Wildman–Crippen LogP) is 0.185. The number of nitrogens with two attached hydrogens (primary N) is 1. The highest BCUT2D eigenvalue weighted by molar-refractivity contribution is 14.1. The number of hydrogen-bond acceptors (Lipinski definition) is 3. The van der Waals surface area contributed by atoms with Crippen LogP contribution < -0.4 is 11.1 Å². The van der Waals surface area contributed by atoms with Gasteiger partial charge in [0.1, 0.15) is 0 Å². The van der Waals surface area contributed by atoms with Crippen molar-refractivity contribution in [2.24, 2.45) is 5.73 Å². The Morgan fingerprint density at radius 1 is 1.73 bits per heavy atom. The Balaban J connectivity index is 3.47. The molecule has 1 unspecified atom stereocenters. The van der Waals surface area contributed by atoms with Crippen LogP contribution in [0.2, 0.25) is 0 Å². The summed E-state index contributed by atoms with van der Waals surface area (Å²) in [5, 5.41) is 2.71. The van der Waals surface area contributed by atoms with E-state index in [1.807, 2.05) is 0 Å². The van der Waals surface area contributed by atoms with E-state index in [0.717, 1.165) is 4.43 Å². The molecule has 0 fully saturated rings. The van der Waals surface area contributed by atoms with Gasteiger partial charge >= 0.3 is 0 Å². The first-order chi connectivity index (χ1) is 5.22. The highest BCUT2D eigenvalue weighted by Gasteiger charge is 2.10. The number of nitrogens with one attached hydrogen (secondary N) is 1. The fourth-order valence-electron chi connectivity index (χ4n) is 0.572. The molecule has 0 bridgehead atoms. The Labute approximate surface area is 86.0 Å². The van der Waals surface area contributed by atoms with Gasteiger partial charge in [0.05, 0.1) is 6.04 Å². The second-order valence-corrected chi connectivity index (χ2v) is 3.62. The lowest BCUT2D eigenvalue weighted by atomic mass is 10.2. The number of halogens is 1. The van der Waals surface area contributed by atoms with Crippen molar-refractivity contribution in [1.29, 1.82) is 0 Å². The fraction of sp³-hybridized carbons (Fsp3) is 0.833. The van der Waals surface area contributed by atoms with Crippen LogP contribution in [-0.2, 0) is 4.79 Å². The molecule has 1 amide bonds. The summed E-state index contributed by atoms with van der Waals surface area (Å²) < 4.78 is 0.914. The van der Waals surface area contributed by atoms with Crippen LogP contribution in [0.3, 0.4) is 0 Å². The van der Waals surface area contributed by atoms with Crippen molar-refractivity contribution in [3.63, 3.8) is 0 Å².